The predicted octanol–water partition coefficient (Wildman–Crippen LogP) is 2.27. The Hall–Kier alpha value is -0.120. The van der Waals surface area contributed by atoms with E-state index in [0.29, 0.717) is 5.41 Å². The minimum atomic E-state index is 0.399. The van der Waals surface area contributed by atoms with E-state index in [0.717, 1.165) is 25.2 Å². The molecule has 1 saturated carbocycles. The fraction of sp³-hybridized carbons (Fsp3) is 1.00. The highest BCUT2D eigenvalue weighted by molar-refractivity contribution is 4.92. The summed E-state index contributed by atoms with van der Waals surface area (Å²) in [4.78, 5) is 2.72. The van der Waals surface area contributed by atoms with E-state index in [1.807, 2.05) is 0 Å². The van der Waals surface area contributed by atoms with E-state index in [1.54, 1.807) is 0 Å². The number of hydrogen-bond acceptors (Lipinski definition) is 3. The van der Waals surface area contributed by atoms with Gasteiger partial charge in [-0.3, -0.25) is 0 Å². The smallest absolute Gasteiger partial charge is 0.0547 e. The molecule has 3 heteroatoms. The van der Waals surface area contributed by atoms with Crippen LogP contribution in [0, 0.1) is 11.3 Å². The van der Waals surface area contributed by atoms with E-state index in [-0.39, 0.29) is 0 Å². The van der Waals surface area contributed by atoms with E-state index in [9.17, 15) is 0 Å². The molecule has 0 aromatic rings. The van der Waals surface area contributed by atoms with Gasteiger partial charge in [0.15, 0.2) is 0 Å². The topological polar surface area (TPSA) is 24.5 Å². The van der Waals surface area contributed by atoms with Crippen LogP contribution < -0.4 is 5.32 Å². The van der Waals surface area contributed by atoms with Gasteiger partial charge in [-0.15, -0.1) is 0 Å². The van der Waals surface area contributed by atoms with Gasteiger partial charge >= 0.3 is 0 Å². The van der Waals surface area contributed by atoms with E-state index in [2.05, 4.69) is 17.1 Å². The van der Waals surface area contributed by atoms with E-state index in [1.165, 1.54) is 64.7 Å². The number of hydrogen-bond donors (Lipinski definition) is 1. The standard InChI is InChI=1S/C16H30N2O/c1-14-3-2-8-18(9-6-14)12-16(7-10-19-13-16)11-17-15-4-5-15/h14-15,17H,2-13H2,1H3. The van der Waals surface area contributed by atoms with Crippen molar-refractivity contribution >= 4 is 0 Å². The Kier molecular flexibility index (Phi) is 4.45. The lowest BCUT2D eigenvalue weighted by Gasteiger charge is -2.34. The van der Waals surface area contributed by atoms with Crippen molar-refractivity contribution < 1.29 is 4.74 Å². The first kappa shape index (κ1) is 13.8. The zero-order chi connectivity index (χ0) is 13.1. The largest absolute Gasteiger partial charge is 0.381 e. The van der Waals surface area contributed by atoms with Gasteiger partial charge in [-0.05, 0) is 57.5 Å². The molecule has 3 fully saturated rings. The summed E-state index contributed by atoms with van der Waals surface area (Å²) < 4.78 is 5.74. The fourth-order valence-corrected chi connectivity index (χ4v) is 3.57. The molecule has 0 spiro atoms. The van der Waals surface area contributed by atoms with Crippen molar-refractivity contribution in [2.45, 2.75) is 51.5 Å². The van der Waals surface area contributed by atoms with Crippen LogP contribution in [0.1, 0.15) is 45.4 Å². The number of likely N-dealkylation sites (tertiary alicyclic amines) is 1. The molecule has 1 aliphatic carbocycles. The van der Waals surface area contributed by atoms with Gasteiger partial charge in [0, 0.05) is 31.2 Å². The lowest BCUT2D eigenvalue weighted by atomic mass is 9.86. The van der Waals surface area contributed by atoms with Crippen molar-refractivity contribution in [3.63, 3.8) is 0 Å². The van der Waals surface area contributed by atoms with Gasteiger partial charge < -0.3 is 15.0 Å². The third-order valence-electron chi connectivity index (χ3n) is 5.20. The minimum absolute atomic E-state index is 0.399. The molecule has 2 saturated heterocycles. The van der Waals surface area contributed by atoms with Crippen LogP contribution in [0.5, 0.6) is 0 Å². The molecule has 2 heterocycles. The molecule has 0 aromatic carbocycles. The van der Waals surface area contributed by atoms with Crippen LogP contribution >= 0.6 is 0 Å². The Morgan fingerprint density at radius 3 is 2.84 bits per heavy atom. The molecule has 2 unspecified atom stereocenters. The highest BCUT2D eigenvalue weighted by Crippen LogP contribution is 2.32. The van der Waals surface area contributed by atoms with Crippen LogP contribution in [-0.4, -0.2) is 50.3 Å². The SMILES string of the molecule is CC1CCCN(CC2(CNC3CC3)CCOC2)CC1. The molecule has 3 nitrogen and oxygen atoms in total. The third-order valence-corrected chi connectivity index (χ3v) is 5.20. The fourth-order valence-electron chi connectivity index (χ4n) is 3.57. The minimum Gasteiger partial charge on any atom is -0.381 e. The second kappa shape index (κ2) is 6.11. The summed E-state index contributed by atoms with van der Waals surface area (Å²) in [6.07, 6.45) is 8.20. The molecule has 3 aliphatic rings. The normalized spacial score (nSPS) is 37.4. The van der Waals surface area contributed by atoms with Gasteiger partial charge in [-0.2, -0.15) is 0 Å². The van der Waals surface area contributed by atoms with E-state index in [4.69, 9.17) is 4.74 Å². The molecule has 0 amide bonds. The molecule has 0 aromatic heterocycles. The molecule has 2 atom stereocenters. The second-order valence-electron chi connectivity index (χ2n) is 7.27. The monoisotopic (exact) mass is 266 g/mol. The Morgan fingerprint density at radius 2 is 2.11 bits per heavy atom. The van der Waals surface area contributed by atoms with Gasteiger partial charge in [0.1, 0.15) is 0 Å². The van der Waals surface area contributed by atoms with Gasteiger partial charge in [0.25, 0.3) is 0 Å². The quantitative estimate of drug-likeness (QED) is 0.826. The van der Waals surface area contributed by atoms with Crippen LogP contribution in [0.25, 0.3) is 0 Å². The van der Waals surface area contributed by atoms with Gasteiger partial charge in [-0.25, -0.2) is 0 Å². The van der Waals surface area contributed by atoms with Crippen LogP contribution in [0.4, 0.5) is 0 Å². The number of rotatable bonds is 5. The Balaban J connectivity index is 1.53. The Morgan fingerprint density at radius 1 is 1.21 bits per heavy atom. The first-order valence-corrected chi connectivity index (χ1v) is 8.29. The van der Waals surface area contributed by atoms with Gasteiger partial charge in [-0.1, -0.05) is 6.92 Å². The average molecular weight is 266 g/mol. The van der Waals surface area contributed by atoms with Crippen molar-refractivity contribution in [3.05, 3.63) is 0 Å². The molecular weight excluding hydrogens is 236 g/mol. The van der Waals surface area contributed by atoms with Gasteiger partial charge in [0.2, 0.25) is 0 Å². The lowest BCUT2D eigenvalue weighted by molar-refractivity contribution is 0.109. The summed E-state index contributed by atoms with van der Waals surface area (Å²) in [6, 6.07) is 0.821. The van der Waals surface area contributed by atoms with Gasteiger partial charge in [0.05, 0.1) is 6.61 Å². The van der Waals surface area contributed by atoms with E-state index < -0.39 is 0 Å². The highest BCUT2D eigenvalue weighted by atomic mass is 16.5. The molecule has 1 N–H and O–H groups in total. The summed E-state index contributed by atoms with van der Waals surface area (Å²) in [6.45, 7) is 9.37. The maximum atomic E-state index is 5.74. The summed E-state index contributed by atoms with van der Waals surface area (Å²) in [5.41, 5.74) is 0.399. The Bertz CT molecular complexity index is 284. The third kappa shape index (κ3) is 3.93. The van der Waals surface area contributed by atoms with Crippen molar-refractivity contribution in [3.8, 4) is 0 Å². The average Bonchev–Trinajstić information content (AvgIpc) is 3.16. The maximum Gasteiger partial charge on any atom is 0.0547 e. The number of nitrogens with zero attached hydrogens (tertiary/aromatic N) is 1. The number of ether oxygens (including phenoxy) is 1. The van der Waals surface area contributed by atoms with Crippen LogP contribution in [0.3, 0.4) is 0 Å². The molecule has 0 radical (unpaired) electrons. The molecule has 110 valence electrons. The van der Waals surface area contributed by atoms with Crippen molar-refractivity contribution in [1.82, 2.24) is 10.2 Å². The second-order valence-corrected chi connectivity index (χ2v) is 7.27. The predicted molar refractivity (Wildman–Crippen MR) is 78.3 cm³/mol. The summed E-state index contributed by atoms with van der Waals surface area (Å²) >= 11 is 0. The highest BCUT2D eigenvalue weighted by Gasteiger charge is 2.38. The molecule has 3 rings (SSSR count). The molecule has 0 bridgehead atoms. The first-order chi connectivity index (χ1) is 9.26. The van der Waals surface area contributed by atoms with Crippen molar-refractivity contribution in [2.24, 2.45) is 11.3 Å². The lowest BCUT2D eigenvalue weighted by Crippen LogP contribution is -2.45. The summed E-state index contributed by atoms with van der Waals surface area (Å²) in [5, 5.41) is 3.75. The molecule has 19 heavy (non-hydrogen) atoms. The Labute approximate surface area is 118 Å². The van der Waals surface area contributed by atoms with Crippen LogP contribution in [0.2, 0.25) is 0 Å². The number of nitrogens with one attached hydrogen (secondary N) is 1. The maximum absolute atomic E-state index is 5.74. The summed E-state index contributed by atoms with van der Waals surface area (Å²) in [7, 11) is 0. The van der Waals surface area contributed by atoms with Crippen LogP contribution in [-0.2, 0) is 4.74 Å². The zero-order valence-electron chi connectivity index (χ0n) is 12.5. The summed E-state index contributed by atoms with van der Waals surface area (Å²) in [5.74, 6) is 0.922. The molecule has 2 aliphatic heterocycles. The molecular formula is C16H30N2O. The van der Waals surface area contributed by atoms with E-state index >= 15 is 0 Å². The first-order valence-electron chi connectivity index (χ1n) is 8.29. The van der Waals surface area contributed by atoms with Crippen LogP contribution in [0.15, 0.2) is 0 Å². The zero-order valence-corrected chi connectivity index (χ0v) is 12.5. The van der Waals surface area contributed by atoms with Crippen molar-refractivity contribution in [2.75, 3.05) is 39.4 Å². The van der Waals surface area contributed by atoms with Crippen molar-refractivity contribution in [1.29, 1.82) is 0 Å².